The molecule has 0 bridgehead atoms. The summed E-state index contributed by atoms with van der Waals surface area (Å²) in [6, 6.07) is 13.2. The second kappa shape index (κ2) is 6.37. The summed E-state index contributed by atoms with van der Waals surface area (Å²) in [5.41, 5.74) is 0.345. The van der Waals surface area contributed by atoms with Crippen LogP contribution in [0, 0.1) is 5.41 Å². The van der Waals surface area contributed by atoms with Gasteiger partial charge in [0.25, 0.3) is 0 Å². The molecule has 0 atom stereocenters. The van der Waals surface area contributed by atoms with Gasteiger partial charge < -0.3 is 9.15 Å². The van der Waals surface area contributed by atoms with Crippen molar-refractivity contribution in [2.45, 2.75) is 20.8 Å². The van der Waals surface area contributed by atoms with Gasteiger partial charge in [0.1, 0.15) is 17.1 Å². The minimum Gasteiger partial charge on any atom is -0.456 e. The molecule has 0 spiro atoms. The Balaban J connectivity index is 2.01. The average molecular weight is 357 g/mol. The molecule has 5 heteroatoms. The first-order chi connectivity index (χ1) is 11.7. The molecule has 128 valence electrons. The van der Waals surface area contributed by atoms with E-state index in [0.717, 1.165) is 5.56 Å². The van der Waals surface area contributed by atoms with E-state index in [0.29, 0.717) is 27.5 Å². The molecule has 0 unspecified atom stereocenters. The Morgan fingerprint density at radius 3 is 2.36 bits per heavy atom. The topological polar surface area (TPSA) is 56.5 Å². The van der Waals surface area contributed by atoms with Gasteiger partial charge in [-0.15, -0.1) is 0 Å². The highest BCUT2D eigenvalue weighted by molar-refractivity contribution is 6.30. The van der Waals surface area contributed by atoms with E-state index in [2.05, 4.69) is 0 Å². The van der Waals surface area contributed by atoms with Gasteiger partial charge in [-0.25, -0.2) is 0 Å². The van der Waals surface area contributed by atoms with Crippen molar-refractivity contribution >= 4 is 28.5 Å². The third-order valence-corrected chi connectivity index (χ3v) is 3.90. The smallest absolute Gasteiger partial charge is 0.316 e. The molecule has 0 amide bonds. The summed E-state index contributed by atoms with van der Waals surface area (Å²) in [4.78, 5) is 24.4. The molecule has 0 fully saturated rings. The van der Waals surface area contributed by atoms with Gasteiger partial charge in [0.15, 0.2) is 5.43 Å². The molecule has 0 aliphatic heterocycles. The van der Waals surface area contributed by atoms with Crippen molar-refractivity contribution in [1.29, 1.82) is 0 Å². The van der Waals surface area contributed by atoms with E-state index >= 15 is 0 Å². The lowest BCUT2D eigenvalue weighted by Gasteiger charge is -2.16. The summed E-state index contributed by atoms with van der Waals surface area (Å²) in [6.07, 6.45) is 0. The molecule has 2 aromatic carbocycles. The molecule has 1 heterocycles. The zero-order valence-corrected chi connectivity index (χ0v) is 14.9. The number of halogens is 1. The van der Waals surface area contributed by atoms with E-state index < -0.39 is 5.41 Å². The predicted octanol–water partition coefficient (Wildman–Crippen LogP) is 5.06. The van der Waals surface area contributed by atoms with Gasteiger partial charge in [0.05, 0.1) is 10.8 Å². The second-order valence-electron chi connectivity index (χ2n) is 6.78. The monoisotopic (exact) mass is 356 g/mol. The highest BCUT2D eigenvalue weighted by Crippen LogP contribution is 2.26. The largest absolute Gasteiger partial charge is 0.456 e. The summed E-state index contributed by atoms with van der Waals surface area (Å²) in [5, 5.41) is 0.967. The van der Waals surface area contributed by atoms with Crippen LogP contribution >= 0.6 is 11.6 Å². The van der Waals surface area contributed by atoms with E-state index in [-0.39, 0.29) is 11.4 Å². The Hall–Kier alpha value is -2.59. The molecule has 25 heavy (non-hydrogen) atoms. The third kappa shape index (κ3) is 3.74. The van der Waals surface area contributed by atoms with Crippen molar-refractivity contribution in [1.82, 2.24) is 0 Å². The second-order valence-corrected chi connectivity index (χ2v) is 7.22. The first-order valence-electron chi connectivity index (χ1n) is 7.80. The number of hydrogen-bond acceptors (Lipinski definition) is 4. The molecule has 3 aromatic rings. The third-order valence-electron chi connectivity index (χ3n) is 3.65. The zero-order chi connectivity index (χ0) is 18.2. The zero-order valence-electron chi connectivity index (χ0n) is 14.1. The van der Waals surface area contributed by atoms with Crippen LogP contribution in [-0.4, -0.2) is 5.97 Å². The normalized spacial score (nSPS) is 11.5. The SMILES string of the molecule is CC(C)(C)C(=O)Oc1ccc2oc(-c3ccc(Cl)cc3)cc(=O)c2c1. The van der Waals surface area contributed by atoms with Crippen molar-refractivity contribution < 1.29 is 13.9 Å². The van der Waals surface area contributed by atoms with Crippen LogP contribution in [0.1, 0.15) is 20.8 Å². The van der Waals surface area contributed by atoms with Crippen LogP contribution in [0.2, 0.25) is 5.02 Å². The van der Waals surface area contributed by atoms with E-state index in [4.69, 9.17) is 20.8 Å². The quantitative estimate of drug-likeness (QED) is 0.475. The molecular weight excluding hydrogens is 340 g/mol. The molecule has 4 nitrogen and oxygen atoms in total. The van der Waals surface area contributed by atoms with Gasteiger partial charge in [-0.1, -0.05) is 11.6 Å². The summed E-state index contributed by atoms with van der Waals surface area (Å²) in [6.45, 7) is 5.30. The van der Waals surface area contributed by atoms with Gasteiger partial charge in [-0.2, -0.15) is 0 Å². The maximum absolute atomic E-state index is 12.4. The fourth-order valence-electron chi connectivity index (χ4n) is 2.22. The summed E-state index contributed by atoms with van der Waals surface area (Å²) in [7, 11) is 0. The van der Waals surface area contributed by atoms with Gasteiger partial charge in [0, 0.05) is 16.7 Å². The molecule has 3 rings (SSSR count). The molecular formula is C20H17ClO4. The van der Waals surface area contributed by atoms with E-state index in [1.807, 2.05) is 0 Å². The molecule has 0 saturated heterocycles. The summed E-state index contributed by atoms with van der Waals surface area (Å²) < 4.78 is 11.1. The standard InChI is InChI=1S/C20H17ClO4/c1-20(2,3)19(23)24-14-8-9-17-15(10-14)16(22)11-18(25-17)12-4-6-13(21)7-5-12/h4-11H,1-3H3. The number of ether oxygens (including phenoxy) is 1. The van der Waals surface area contributed by atoms with E-state index in [1.54, 1.807) is 57.2 Å². The fraction of sp³-hybridized carbons (Fsp3) is 0.200. The maximum Gasteiger partial charge on any atom is 0.316 e. The Labute approximate surface area is 150 Å². The van der Waals surface area contributed by atoms with Gasteiger partial charge in [-0.3, -0.25) is 9.59 Å². The Morgan fingerprint density at radius 1 is 1.04 bits per heavy atom. The van der Waals surface area contributed by atoms with E-state index in [9.17, 15) is 9.59 Å². The fourth-order valence-corrected chi connectivity index (χ4v) is 2.34. The van der Waals surface area contributed by atoms with Crippen molar-refractivity contribution in [2.24, 2.45) is 5.41 Å². The number of fused-ring (bicyclic) bond motifs is 1. The summed E-state index contributed by atoms with van der Waals surface area (Å²) in [5.74, 6) is 0.404. The summed E-state index contributed by atoms with van der Waals surface area (Å²) >= 11 is 5.88. The number of benzene rings is 2. The molecule has 0 aliphatic rings. The van der Waals surface area contributed by atoms with Crippen LogP contribution in [0.25, 0.3) is 22.3 Å². The Morgan fingerprint density at radius 2 is 1.72 bits per heavy atom. The maximum atomic E-state index is 12.4. The number of hydrogen-bond donors (Lipinski definition) is 0. The van der Waals surface area contributed by atoms with Crippen molar-refractivity contribution in [3.05, 3.63) is 63.8 Å². The van der Waals surface area contributed by atoms with Crippen molar-refractivity contribution in [2.75, 3.05) is 0 Å². The first kappa shape index (κ1) is 17.2. The van der Waals surface area contributed by atoms with Crippen molar-refractivity contribution in [3.63, 3.8) is 0 Å². The van der Waals surface area contributed by atoms with Crippen LogP contribution in [0.3, 0.4) is 0 Å². The van der Waals surface area contributed by atoms with Crippen LogP contribution in [-0.2, 0) is 4.79 Å². The Kier molecular flexibility index (Phi) is 4.39. The number of rotatable bonds is 2. The van der Waals surface area contributed by atoms with Gasteiger partial charge >= 0.3 is 5.97 Å². The molecule has 0 radical (unpaired) electrons. The number of esters is 1. The van der Waals surface area contributed by atoms with Gasteiger partial charge in [0.2, 0.25) is 0 Å². The first-order valence-corrected chi connectivity index (χ1v) is 8.18. The highest BCUT2D eigenvalue weighted by Gasteiger charge is 2.24. The molecule has 1 aromatic heterocycles. The predicted molar refractivity (Wildman–Crippen MR) is 98.0 cm³/mol. The minimum absolute atomic E-state index is 0.208. The minimum atomic E-state index is -0.627. The van der Waals surface area contributed by atoms with Gasteiger partial charge in [-0.05, 0) is 63.2 Å². The highest BCUT2D eigenvalue weighted by atomic mass is 35.5. The molecule has 0 saturated carbocycles. The van der Waals surface area contributed by atoms with Crippen LogP contribution in [0.4, 0.5) is 0 Å². The van der Waals surface area contributed by atoms with Crippen molar-refractivity contribution in [3.8, 4) is 17.1 Å². The lowest BCUT2D eigenvalue weighted by atomic mass is 9.97. The van der Waals surface area contributed by atoms with Crippen LogP contribution in [0.15, 0.2) is 57.7 Å². The van der Waals surface area contributed by atoms with Crippen LogP contribution < -0.4 is 10.2 Å². The number of carbonyl (C=O) groups is 1. The number of carbonyl (C=O) groups excluding carboxylic acids is 1. The average Bonchev–Trinajstić information content (AvgIpc) is 2.55. The Bertz CT molecular complexity index is 995. The lowest BCUT2D eigenvalue weighted by Crippen LogP contribution is -2.25. The van der Waals surface area contributed by atoms with Crippen LogP contribution in [0.5, 0.6) is 5.75 Å². The molecule has 0 N–H and O–H groups in total. The van der Waals surface area contributed by atoms with E-state index in [1.165, 1.54) is 12.1 Å². The molecule has 0 aliphatic carbocycles. The lowest BCUT2D eigenvalue weighted by molar-refractivity contribution is -0.142.